The smallest absolute Gasteiger partial charge is 0.318 e. The number of rotatable bonds is 3. The Bertz CT molecular complexity index is 474. The molecule has 1 aromatic carbocycles. The van der Waals surface area contributed by atoms with E-state index in [1.165, 1.54) is 0 Å². The number of nitrogens with two attached hydrogens (primary N) is 1. The third-order valence-corrected chi connectivity index (χ3v) is 3.15. The van der Waals surface area contributed by atoms with Crippen LogP contribution in [0.3, 0.4) is 0 Å². The Morgan fingerprint density at radius 2 is 2.00 bits per heavy atom. The van der Waals surface area contributed by atoms with E-state index >= 15 is 0 Å². The molecular weight excluding hydrogens is 214 g/mol. The summed E-state index contributed by atoms with van der Waals surface area (Å²) in [5, 5.41) is 9.46. The Kier molecular flexibility index (Phi) is 3.11. The molecule has 3 heteroatoms. The van der Waals surface area contributed by atoms with Gasteiger partial charge in [-0.15, -0.1) is 0 Å². The van der Waals surface area contributed by atoms with Gasteiger partial charge >= 0.3 is 5.97 Å². The molecule has 1 atom stereocenters. The van der Waals surface area contributed by atoms with Gasteiger partial charge in [0.15, 0.2) is 0 Å². The van der Waals surface area contributed by atoms with E-state index in [0.29, 0.717) is 13.0 Å². The van der Waals surface area contributed by atoms with Crippen molar-refractivity contribution in [2.75, 3.05) is 0 Å². The van der Waals surface area contributed by atoms with E-state index in [-0.39, 0.29) is 0 Å². The molecule has 0 aromatic heterocycles. The zero-order valence-electron chi connectivity index (χ0n) is 9.47. The number of carboxylic acids is 1. The summed E-state index contributed by atoms with van der Waals surface area (Å²) in [6.45, 7) is 0.468. The Labute approximate surface area is 100 Å². The minimum atomic E-state index is -0.929. The molecule has 2 rings (SSSR count). The van der Waals surface area contributed by atoms with Gasteiger partial charge < -0.3 is 10.8 Å². The van der Waals surface area contributed by atoms with Gasteiger partial charge in [0.2, 0.25) is 0 Å². The Morgan fingerprint density at radius 1 is 1.29 bits per heavy atom. The maximum Gasteiger partial charge on any atom is 0.318 e. The molecule has 0 saturated heterocycles. The number of hydrogen-bond donors (Lipinski definition) is 2. The first-order chi connectivity index (χ1) is 8.19. The van der Waals surface area contributed by atoms with Crippen LogP contribution >= 0.6 is 0 Å². The fourth-order valence-electron chi connectivity index (χ4n) is 2.05. The lowest BCUT2D eigenvalue weighted by Gasteiger charge is -2.27. The molecule has 3 nitrogen and oxygen atoms in total. The van der Waals surface area contributed by atoms with Gasteiger partial charge in [-0.25, -0.2) is 0 Å². The maximum absolute atomic E-state index is 11.5. The average Bonchev–Trinajstić information content (AvgIpc) is 2.39. The number of carboxylic acid groups (broad SMARTS) is 1. The van der Waals surface area contributed by atoms with Gasteiger partial charge in [-0.05, 0) is 17.5 Å². The zero-order valence-corrected chi connectivity index (χ0v) is 9.47. The van der Waals surface area contributed by atoms with Crippen LogP contribution in [0.15, 0.2) is 48.6 Å². The summed E-state index contributed by atoms with van der Waals surface area (Å²) in [7, 11) is 0. The van der Waals surface area contributed by atoms with Crippen LogP contribution in [0.25, 0.3) is 0 Å². The first-order valence-corrected chi connectivity index (χ1v) is 5.56. The lowest BCUT2D eigenvalue weighted by molar-refractivity contribution is -0.141. The molecule has 17 heavy (non-hydrogen) atoms. The number of hydrogen-bond acceptors (Lipinski definition) is 2. The van der Waals surface area contributed by atoms with Crippen molar-refractivity contribution in [3.63, 3.8) is 0 Å². The average molecular weight is 229 g/mol. The van der Waals surface area contributed by atoms with E-state index in [1.807, 2.05) is 36.4 Å². The second-order valence-electron chi connectivity index (χ2n) is 4.17. The molecule has 0 bridgehead atoms. The molecule has 1 aliphatic carbocycles. The standard InChI is InChI=1S/C14H15NO2/c15-10-11-4-6-12(7-5-11)14(13(16)17)8-2-1-3-9-14/h1-8H,9-10,15H2,(H,16,17). The van der Waals surface area contributed by atoms with Gasteiger partial charge in [0.25, 0.3) is 0 Å². The van der Waals surface area contributed by atoms with Crippen LogP contribution in [-0.2, 0) is 16.8 Å². The van der Waals surface area contributed by atoms with E-state index in [2.05, 4.69) is 0 Å². The minimum absolute atomic E-state index is 0.468. The van der Waals surface area contributed by atoms with Crippen molar-refractivity contribution in [3.05, 3.63) is 59.7 Å². The van der Waals surface area contributed by atoms with Crippen LogP contribution in [0.2, 0.25) is 0 Å². The van der Waals surface area contributed by atoms with E-state index in [0.717, 1.165) is 11.1 Å². The molecule has 0 heterocycles. The predicted molar refractivity (Wildman–Crippen MR) is 66.5 cm³/mol. The predicted octanol–water partition coefficient (Wildman–Crippen LogP) is 1.98. The summed E-state index contributed by atoms with van der Waals surface area (Å²) in [6.07, 6.45) is 7.77. The Hall–Kier alpha value is -1.87. The fourth-order valence-corrected chi connectivity index (χ4v) is 2.05. The second-order valence-corrected chi connectivity index (χ2v) is 4.17. The summed E-state index contributed by atoms with van der Waals surface area (Å²) in [6, 6.07) is 7.46. The molecule has 1 aliphatic rings. The van der Waals surface area contributed by atoms with Crippen molar-refractivity contribution in [1.29, 1.82) is 0 Å². The van der Waals surface area contributed by atoms with Gasteiger partial charge in [-0.2, -0.15) is 0 Å². The van der Waals surface area contributed by atoms with E-state index in [4.69, 9.17) is 5.73 Å². The first-order valence-electron chi connectivity index (χ1n) is 5.56. The maximum atomic E-state index is 11.5. The lowest BCUT2D eigenvalue weighted by Crippen LogP contribution is -2.34. The topological polar surface area (TPSA) is 63.3 Å². The Balaban J connectivity index is 2.43. The molecule has 88 valence electrons. The van der Waals surface area contributed by atoms with Crippen LogP contribution in [0.1, 0.15) is 17.5 Å². The SMILES string of the molecule is NCc1ccc(C2(C(=O)O)C=CC=CC2)cc1. The molecule has 0 fully saturated rings. The summed E-state index contributed by atoms with van der Waals surface area (Å²) in [5.41, 5.74) is 6.40. The van der Waals surface area contributed by atoms with E-state index in [1.54, 1.807) is 12.2 Å². The normalized spacial score (nSPS) is 22.6. The van der Waals surface area contributed by atoms with Crippen LogP contribution in [0.5, 0.6) is 0 Å². The number of carbonyl (C=O) groups is 1. The van der Waals surface area contributed by atoms with Crippen LogP contribution in [0.4, 0.5) is 0 Å². The summed E-state index contributed by atoms with van der Waals surface area (Å²) in [5.74, 6) is -0.821. The second kappa shape index (κ2) is 4.55. The van der Waals surface area contributed by atoms with Crippen molar-refractivity contribution in [3.8, 4) is 0 Å². The third kappa shape index (κ3) is 2.01. The van der Waals surface area contributed by atoms with Gasteiger partial charge in [0, 0.05) is 6.54 Å². The van der Waals surface area contributed by atoms with E-state index < -0.39 is 11.4 Å². The minimum Gasteiger partial charge on any atom is -0.480 e. The molecule has 0 saturated carbocycles. The van der Waals surface area contributed by atoms with Crippen LogP contribution in [-0.4, -0.2) is 11.1 Å². The van der Waals surface area contributed by atoms with Crippen molar-refractivity contribution in [2.45, 2.75) is 18.4 Å². The van der Waals surface area contributed by atoms with Gasteiger partial charge in [0.1, 0.15) is 5.41 Å². The summed E-state index contributed by atoms with van der Waals surface area (Å²) in [4.78, 5) is 11.5. The van der Waals surface area contributed by atoms with Crippen molar-refractivity contribution in [2.24, 2.45) is 5.73 Å². The van der Waals surface area contributed by atoms with Crippen molar-refractivity contribution in [1.82, 2.24) is 0 Å². The fraction of sp³-hybridized carbons (Fsp3) is 0.214. The molecule has 1 aromatic rings. The van der Waals surface area contributed by atoms with Crippen LogP contribution < -0.4 is 5.73 Å². The summed E-state index contributed by atoms with van der Waals surface area (Å²) >= 11 is 0. The highest BCUT2D eigenvalue weighted by Gasteiger charge is 2.37. The molecular formula is C14H15NO2. The molecule has 1 unspecified atom stereocenters. The number of benzene rings is 1. The third-order valence-electron chi connectivity index (χ3n) is 3.15. The van der Waals surface area contributed by atoms with Gasteiger partial charge in [0.05, 0.1) is 0 Å². The first kappa shape index (κ1) is 11.6. The highest BCUT2D eigenvalue weighted by molar-refractivity contribution is 5.84. The van der Waals surface area contributed by atoms with Gasteiger partial charge in [-0.3, -0.25) is 4.79 Å². The highest BCUT2D eigenvalue weighted by atomic mass is 16.4. The number of allylic oxidation sites excluding steroid dienone is 3. The van der Waals surface area contributed by atoms with Gasteiger partial charge in [-0.1, -0.05) is 48.6 Å². The Morgan fingerprint density at radius 3 is 2.47 bits per heavy atom. The molecule has 0 spiro atoms. The monoisotopic (exact) mass is 229 g/mol. The van der Waals surface area contributed by atoms with E-state index in [9.17, 15) is 9.90 Å². The van der Waals surface area contributed by atoms with Crippen molar-refractivity contribution < 1.29 is 9.90 Å². The highest BCUT2D eigenvalue weighted by Crippen LogP contribution is 2.33. The largest absolute Gasteiger partial charge is 0.480 e. The molecule has 0 amide bonds. The zero-order chi connectivity index (χ0) is 12.3. The van der Waals surface area contributed by atoms with Crippen molar-refractivity contribution >= 4 is 5.97 Å². The van der Waals surface area contributed by atoms with Crippen LogP contribution in [0, 0.1) is 0 Å². The molecule has 3 N–H and O–H groups in total. The number of aliphatic carboxylic acids is 1. The lowest BCUT2D eigenvalue weighted by atomic mass is 9.75. The quantitative estimate of drug-likeness (QED) is 0.833. The molecule has 0 aliphatic heterocycles. The molecule has 0 radical (unpaired) electrons. The summed E-state index contributed by atoms with van der Waals surface area (Å²) < 4.78 is 0.